The number of ether oxygens (including phenoxy) is 3. The summed E-state index contributed by atoms with van der Waals surface area (Å²) in [4.78, 5) is 12.3. The van der Waals surface area contributed by atoms with Crippen LogP contribution < -0.4 is 9.47 Å². The van der Waals surface area contributed by atoms with Crippen LogP contribution in [0.3, 0.4) is 0 Å². The molecule has 0 spiro atoms. The van der Waals surface area contributed by atoms with Crippen LogP contribution in [-0.4, -0.2) is 18.2 Å². The Bertz CT molecular complexity index is 1540. The van der Waals surface area contributed by atoms with E-state index in [4.69, 9.17) is 53.5 Å². The predicted octanol–water partition coefficient (Wildman–Crippen LogP) is 8.61. The molecule has 0 bridgehead atoms. The van der Waals surface area contributed by atoms with E-state index in [9.17, 15) is 4.79 Å². The molecule has 1 atom stereocenters. The molecule has 0 saturated heterocycles. The van der Waals surface area contributed by atoms with Crippen LogP contribution >= 0.6 is 34.8 Å². The zero-order valence-corrected chi connectivity index (χ0v) is 23.3. The zero-order valence-electron chi connectivity index (χ0n) is 21.0. The van der Waals surface area contributed by atoms with Crippen molar-refractivity contribution in [2.45, 2.75) is 44.3 Å². The molecule has 1 unspecified atom stereocenters. The Morgan fingerprint density at radius 1 is 1.00 bits per heavy atom. The number of halogens is 3. The van der Waals surface area contributed by atoms with Gasteiger partial charge in [-0.1, -0.05) is 64.2 Å². The number of hydrogen-bond acceptors (Lipinski definition) is 6. The van der Waals surface area contributed by atoms with Gasteiger partial charge < -0.3 is 18.7 Å². The predicted molar refractivity (Wildman–Crippen MR) is 149 cm³/mol. The van der Waals surface area contributed by atoms with E-state index >= 15 is 0 Å². The van der Waals surface area contributed by atoms with Crippen LogP contribution in [0.5, 0.6) is 11.5 Å². The number of carbonyl (C=O) groups is 1. The number of para-hydroxylation sites is 1. The van der Waals surface area contributed by atoms with Crippen molar-refractivity contribution in [3.63, 3.8) is 0 Å². The lowest BCUT2D eigenvalue weighted by Gasteiger charge is -2.28. The van der Waals surface area contributed by atoms with Crippen LogP contribution in [0.1, 0.15) is 64.1 Å². The maximum absolute atomic E-state index is 12.3. The first-order valence-corrected chi connectivity index (χ1v) is 13.8. The SMILES string of the molecule is COC(=O)c1cccc2c1OC(c1ccc(OCc3c(-c4c(Cl)cccc4Cl)noc3C3CC3)cc1Cl)CC2. The number of esters is 1. The van der Waals surface area contributed by atoms with E-state index in [1.807, 2.05) is 24.3 Å². The fourth-order valence-corrected chi connectivity index (χ4v) is 5.83. The highest BCUT2D eigenvalue weighted by Gasteiger charge is 2.34. The van der Waals surface area contributed by atoms with E-state index < -0.39 is 5.97 Å². The summed E-state index contributed by atoms with van der Waals surface area (Å²) < 4.78 is 23.1. The normalized spacial score (nSPS) is 16.4. The Hall–Kier alpha value is -3.19. The second kappa shape index (κ2) is 10.8. The average Bonchev–Trinajstić information content (AvgIpc) is 3.71. The highest BCUT2D eigenvalue weighted by Crippen LogP contribution is 2.46. The number of aryl methyl sites for hydroxylation is 1. The summed E-state index contributed by atoms with van der Waals surface area (Å²) in [7, 11) is 1.36. The fraction of sp³-hybridized carbons (Fsp3) is 0.267. The standard InChI is InChI=1S/C30H24Cl3NO5/c1-36-30(35)20-5-2-4-16-10-13-25(38-28(16)20)19-12-11-18(14-24(19)33)37-15-21-27(34-39-29(21)17-8-9-17)26-22(31)6-3-7-23(26)32/h2-7,11-12,14,17,25H,8-10,13,15H2,1H3. The molecule has 4 aromatic rings. The minimum absolute atomic E-state index is 0.220. The van der Waals surface area contributed by atoms with Gasteiger partial charge in [0.25, 0.3) is 0 Å². The van der Waals surface area contributed by atoms with Gasteiger partial charge in [0.05, 0.1) is 27.7 Å². The van der Waals surface area contributed by atoms with Crippen molar-refractivity contribution in [2.75, 3.05) is 7.11 Å². The van der Waals surface area contributed by atoms with E-state index in [0.717, 1.165) is 48.1 Å². The molecular weight excluding hydrogens is 561 g/mol. The number of aromatic nitrogens is 1. The van der Waals surface area contributed by atoms with Crippen molar-refractivity contribution in [3.05, 3.63) is 97.7 Å². The third kappa shape index (κ3) is 5.09. The van der Waals surface area contributed by atoms with Crippen molar-refractivity contribution >= 4 is 40.8 Å². The lowest BCUT2D eigenvalue weighted by molar-refractivity contribution is 0.0590. The quantitative estimate of drug-likeness (QED) is 0.203. The molecule has 9 heteroatoms. The molecule has 1 aliphatic carbocycles. The highest BCUT2D eigenvalue weighted by atomic mass is 35.5. The molecule has 1 fully saturated rings. The summed E-state index contributed by atoms with van der Waals surface area (Å²) in [6, 6.07) is 16.4. The number of nitrogens with zero attached hydrogens (tertiary/aromatic N) is 1. The number of carbonyl (C=O) groups excluding carboxylic acids is 1. The molecule has 3 aromatic carbocycles. The molecule has 6 rings (SSSR count). The van der Waals surface area contributed by atoms with Crippen LogP contribution in [0.2, 0.25) is 15.1 Å². The third-order valence-electron chi connectivity index (χ3n) is 7.11. The second-order valence-corrected chi connectivity index (χ2v) is 10.9. The summed E-state index contributed by atoms with van der Waals surface area (Å²) in [5.74, 6) is 1.83. The van der Waals surface area contributed by atoms with E-state index in [1.54, 1.807) is 30.3 Å². The Morgan fingerprint density at radius 2 is 1.77 bits per heavy atom. The zero-order chi connectivity index (χ0) is 27.1. The maximum Gasteiger partial charge on any atom is 0.341 e. The Morgan fingerprint density at radius 3 is 2.49 bits per heavy atom. The second-order valence-electron chi connectivity index (χ2n) is 9.65. The highest BCUT2D eigenvalue weighted by molar-refractivity contribution is 6.39. The molecule has 1 aromatic heterocycles. The molecule has 2 aliphatic rings. The van der Waals surface area contributed by atoms with Gasteiger partial charge in [-0.15, -0.1) is 0 Å². The molecule has 1 aliphatic heterocycles. The number of rotatable bonds is 7. The minimum Gasteiger partial charge on any atom is -0.489 e. The Labute approximate surface area is 240 Å². The third-order valence-corrected chi connectivity index (χ3v) is 8.06. The number of methoxy groups -OCH3 is 1. The van der Waals surface area contributed by atoms with E-state index in [1.165, 1.54) is 7.11 Å². The van der Waals surface area contributed by atoms with Crippen molar-refractivity contribution in [1.29, 1.82) is 0 Å². The molecule has 0 amide bonds. The molecule has 6 nitrogen and oxygen atoms in total. The van der Waals surface area contributed by atoms with Gasteiger partial charge >= 0.3 is 5.97 Å². The van der Waals surface area contributed by atoms with Gasteiger partial charge in [0.15, 0.2) is 0 Å². The van der Waals surface area contributed by atoms with Gasteiger partial charge in [-0.3, -0.25) is 0 Å². The lowest BCUT2D eigenvalue weighted by Crippen LogP contribution is -2.18. The van der Waals surface area contributed by atoms with E-state index in [2.05, 4.69) is 5.16 Å². The Kier molecular flexibility index (Phi) is 7.19. The summed E-state index contributed by atoms with van der Waals surface area (Å²) in [5.41, 5.74) is 4.25. The monoisotopic (exact) mass is 583 g/mol. The molecule has 0 radical (unpaired) electrons. The van der Waals surface area contributed by atoms with Gasteiger partial charge in [0.1, 0.15) is 41.2 Å². The summed E-state index contributed by atoms with van der Waals surface area (Å²) >= 11 is 19.7. The number of fused-ring (bicyclic) bond motifs is 1. The molecule has 39 heavy (non-hydrogen) atoms. The molecule has 1 saturated carbocycles. The molecular formula is C30H24Cl3NO5. The lowest BCUT2D eigenvalue weighted by atomic mass is 9.95. The average molecular weight is 585 g/mol. The number of hydrogen-bond donors (Lipinski definition) is 0. The van der Waals surface area contributed by atoms with Gasteiger partial charge in [-0.05, 0) is 61.6 Å². The first kappa shape index (κ1) is 26.1. The maximum atomic E-state index is 12.3. The van der Waals surface area contributed by atoms with E-state index in [-0.39, 0.29) is 12.7 Å². The van der Waals surface area contributed by atoms with Gasteiger partial charge in [0.2, 0.25) is 0 Å². The van der Waals surface area contributed by atoms with Crippen molar-refractivity contribution < 1.29 is 23.5 Å². The molecule has 2 heterocycles. The van der Waals surface area contributed by atoms with Crippen LogP contribution in [-0.2, 0) is 17.8 Å². The topological polar surface area (TPSA) is 70.8 Å². The van der Waals surface area contributed by atoms with Crippen LogP contribution in [0.15, 0.2) is 59.1 Å². The van der Waals surface area contributed by atoms with Gasteiger partial charge in [-0.25, -0.2) is 4.79 Å². The van der Waals surface area contributed by atoms with Crippen molar-refractivity contribution in [2.24, 2.45) is 0 Å². The van der Waals surface area contributed by atoms with E-state index in [0.29, 0.717) is 49.3 Å². The van der Waals surface area contributed by atoms with Crippen LogP contribution in [0.4, 0.5) is 0 Å². The van der Waals surface area contributed by atoms with Crippen LogP contribution in [0, 0.1) is 0 Å². The first-order chi connectivity index (χ1) is 18.9. The van der Waals surface area contributed by atoms with Gasteiger partial charge in [-0.2, -0.15) is 0 Å². The summed E-state index contributed by atoms with van der Waals surface area (Å²) in [6.07, 6.45) is 3.26. The summed E-state index contributed by atoms with van der Waals surface area (Å²) in [5, 5.41) is 5.82. The minimum atomic E-state index is -0.431. The van der Waals surface area contributed by atoms with Crippen LogP contribution in [0.25, 0.3) is 11.3 Å². The first-order valence-electron chi connectivity index (χ1n) is 12.7. The smallest absolute Gasteiger partial charge is 0.341 e. The summed E-state index contributed by atoms with van der Waals surface area (Å²) in [6.45, 7) is 0.220. The largest absolute Gasteiger partial charge is 0.489 e. The molecule has 0 N–H and O–H groups in total. The Balaban J connectivity index is 1.23. The van der Waals surface area contributed by atoms with Gasteiger partial charge in [0, 0.05) is 17.0 Å². The van der Waals surface area contributed by atoms with Crippen molar-refractivity contribution in [3.8, 4) is 22.8 Å². The fourth-order valence-electron chi connectivity index (χ4n) is 4.96. The van der Waals surface area contributed by atoms with Crippen molar-refractivity contribution in [1.82, 2.24) is 5.16 Å². The molecule has 200 valence electrons. The number of benzene rings is 3.